The van der Waals surface area contributed by atoms with Crippen LogP contribution < -0.4 is 10.6 Å². The number of rotatable bonds is 23. The average molecular weight is 816 g/mol. The fourth-order valence-corrected chi connectivity index (χ4v) is 8.57. The van der Waals surface area contributed by atoms with E-state index in [0.717, 1.165) is 49.7 Å². The number of aliphatic hydroxyl groups is 2. The van der Waals surface area contributed by atoms with Crippen LogP contribution in [0.4, 0.5) is 0 Å². The maximum absolute atomic E-state index is 14.7. The van der Waals surface area contributed by atoms with E-state index in [1.54, 1.807) is 26.8 Å². The van der Waals surface area contributed by atoms with Gasteiger partial charge in [0.15, 0.2) is 11.8 Å². The van der Waals surface area contributed by atoms with E-state index in [9.17, 15) is 24.3 Å². The highest BCUT2D eigenvalue weighted by atomic mass is 16.8. The Kier molecular flexibility index (Phi) is 16.1. The fraction of sp³-hybridized carbons (Fsp3) is 0.721. The molecule has 3 heterocycles. The van der Waals surface area contributed by atoms with Gasteiger partial charge >= 0.3 is 11.9 Å². The van der Waals surface area contributed by atoms with E-state index in [0.29, 0.717) is 12.8 Å². The monoisotopic (exact) mass is 815 g/mol. The molecule has 4 fully saturated rings. The van der Waals surface area contributed by atoms with Crippen LogP contribution in [0.2, 0.25) is 0 Å². The van der Waals surface area contributed by atoms with Crippen LogP contribution in [0, 0.1) is 5.41 Å². The predicted octanol–water partition coefficient (Wildman–Crippen LogP) is 4.21. The summed E-state index contributed by atoms with van der Waals surface area (Å²) < 4.78 is 30.6. The Morgan fingerprint density at radius 2 is 1.76 bits per heavy atom. The maximum Gasteiger partial charge on any atom is 0.327 e. The van der Waals surface area contributed by atoms with Gasteiger partial charge in [-0.05, 0) is 57.2 Å². The highest BCUT2D eigenvalue weighted by Gasteiger charge is 2.76. The molecule has 3 aliphatic heterocycles. The minimum Gasteiger partial charge on any atom is -0.499 e. The number of benzene rings is 1. The predicted molar refractivity (Wildman–Crippen MR) is 212 cm³/mol. The second-order valence-corrected chi connectivity index (χ2v) is 16.9. The zero-order chi connectivity index (χ0) is 41.9. The first kappa shape index (κ1) is 45.5. The van der Waals surface area contributed by atoms with Crippen LogP contribution in [-0.4, -0.2) is 113 Å². The normalized spacial score (nSPS) is 26.5. The molecule has 15 heteroatoms. The molecule has 1 saturated carbocycles. The number of carbonyl (C=O) groups excluding carboxylic acids is 4. The van der Waals surface area contributed by atoms with Crippen molar-refractivity contribution in [3.05, 3.63) is 41.7 Å². The van der Waals surface area contributed by atoms with Gasteiger partial charge in [-0.25, -0.2) is 0 Å². The molecule has 4 aliphatic rings. The second-order valence-electron chi connectivity index (χ2n) is 16.9. The van der Waals surface area contributed by atoms with E-state index in [2.05, 4.69) is 24.5 Å². The summed E-state index contributed by atoms with van der Waals surface area (Å²) in [5.74, 6) is -2.79. The minimum atomic E-state index is -1.42. The van der Waals surface area contributed by atoms with E-state index in [1.807, 2.05) is 24.3 Å². The lowest BCUT2D eigenvalue weighted by atomic mass is 9.62. The first-order chi connectivity index (χ1) is 27.8. The zero-order valence-corrected chi connectivity index (χ0v) is 34.9. The number of hydroxylamine groups is 2. The van der Waals surface area contributed by atoms with Crippen molar-refractivity contribution in [1.82, 2.24) is 15.7 Å². The van der Waals surface area contributed by atoms with Gasteiger partial charge in [-0.1, -0.05) is 63.8 Å². The largest absolute Gasteiger partial charge is 0.499 e. The number of fused-ring (bicyclic) bond motifs is 4. The van der Waals surface area contributed by atoms with Gasteiger partial charge in [0.25, 0.3) is 0 Å². The van der Waals surface area contributed by atoms with Gasteiger partial charge in [0.2, 0.25) is 11.8 Å². The molecule has 2 unspecified atom stereocenters. The summed E-state index contributed by atoms with van der Waals surface area (Å²) >= 11 is 0. The quantitative estimate of drug-likeness (QED) is 0.0699. The van der Waals surface area contributed by atoms with Crippen molar-refractivity contribution in [1.29, 1.82) is 0 Å². The van der Waals surface area contributed by atoms with Crippen molar-refractivity contribution >= 4 is 29.8 Å². The van der Waals surface area contributed by atoms with Crippen molar-refractivity contribution in [2.75, 3.05) is 26.4 Å². The highest BCUT2D eigenvalue weighted by molar-refractivity contribution is 5.94. The Hall–Kier alpha value is -3.60. The summed E-state index contributed by atoms with van der Waals surface area (Å²) in [5.41, 5.74) is -0.427. The Bertz CT molecular complexity index is 1570. The topological polar surface area (TPSA) is 191 Å². The van der Waals surface area contributed by atoms with E-state index in [1.165, 1.54) is 11.3 Å². The summed E-state index contributed by atoms with van der Waals surface area (Å²) in [6, 6.07) is 5.80. The number of carbonyl (C=O) groups is 4. The number of unbranched alkanes of at least 4 members (excludes halogenated alkanes) is 4. The fourth-order valence-electron chi connectivity index (χ4n) is 8.57. The van der Waals surface area contributed by atoms with E-state index in [4.69, 9.17) is 33.6 Å². The van der Waals surface area contributed by atoms with Gasteiger partial charge in [0, 0.05) is 38.6 Å². The molecule has 5 rings (SSSR count). The zero-order valence-electron chi connectivity index (χ0n) is 34.9. The van der Waals surface area contributed by atoms with Crippen LogP contribution in [0.1, 0.15) is 123 Å². The Balaban J connectivity index is 1.36. The summed E-state index contributed by atoms with van der Waals surface area (Å²) in [5, 5.41) is 26.2. The molecule has 0 spiro atoms. The molecule has 1 aromatic rings. The maximum atomic E-state index is 14.7. The Morgan fingerprint density at radius 1 is 1.03 bits per heavy atom. The third kappa shape index (κ3) is 11.2. The Morgan fingerprint density at radius 3 is 2.43 bits per heavy atom. The smallest absolute Gasteiger partial charge is 0.327 e. The van der Waals surface area contributed by atoms with E-state index >= 15 is 0 Å². The van der Waals surface area contributed by atoms with Crippen LogP contribution >= 0.6 is 0 Å². The van der Waals surface area contributed by atoms with Crippen LogP contribution in [0.25, 0.3) is 6.08 Å². The molecular weight excluding hydrogens is 750 g/mol. The number of ether oxygens (including phenoxy) is 5. The minimum absolute atomic E-state index is 0.0189. The van der Waals surface area contributed by atoms with Gasteiger partial charge in [-0.2, -0.15) is 5.06 Å². The first-order valence-electron chi connectivity index (χ1n) is 21.2. The van der Waals surface area contributed by atoms with Crippen molar-refractivity contribution in [3.8, 4) is 0 Å². The molecule has 4 N–H and O–H groups in total. The van der Waals surface area contributed by atoms with Gasteiger partial charge in [-0.3, -0.25) is 24.0 Å². The number of nitrogens with one attached hydrogen (secondary N) is 2. The lowest BCUT2D eigenvalue weighted by Crippen LogP contribution is -2.69. The lowest BCUT2D eigenvalue weighted by Gasteiger charge is -2.48. The molecule has 1 aromatic carbocycles. The van der Waals surface area contributed by atoms with Crippen LogP contribution in [-0.2, 0) is 54.2 Å². The SMILES string of the molecule is CCCCCC1(CCCCC)O[C@@H]2[C@H]3ON(Cc4cccc(C=COCCO)c4)[C@H]4C(=O)OC(CC34C(=O)NCCC(=O)N[C@H](CO)CCC(=O)OC(C)(C)C)[C@@H]2O1. The molecule has 7 atom stereocenters. The Labute approximate surface area is 342 Å². The lowest BCUT2D eigenvalue weighted by molar-refractivity contribution is -0.224. The molecular formula is C43H65N3O12. The molecule has 2 bridgehead atoms. The molecule has 2 amide bonds. The van der Waals surface area contributed by atoms with Gasteiger partial charge in [-0.15, -0.1) is 0 Å². The number of esters is 2. The second kappa shape index (κ2) is 20.6. The molecule has 0 aromatic heterocycles. The highest BCUT2D eigenvalue weighted by Crippen LogP contribution is 2.58. The third-order valence-corrected chi connectivity index (χ3v) is 11.2. The van der Waals surface area contributed by atoms with Crippen LogP contribution in [0.15, 0.2) is 30.5 Å². The molecule has 15 nitrogen and oxygen atoms in total. The third-order valence-electron chi connectivity index (χ3n) is 11.2. The van der Waals surface area contributed by atoms with Crippen LogP contribution in [0.3, 0.4) is 0 Å². The summed E-state index contributed by atoms with van der Waals surface area (Å²) in [6.07, 6.45) is 7.76. The average Bonchev–Trinajstić information content (AvgIpc) is 3.73. The van der Waals surface area contributed by atoms with Gasteiger partial charge < -0.3 is 44.5 Å². The number of nitrogens with zero attached hydrogens (tertiary/aromatic N) is 1. The summed E-state index contributed by atoms with van der Waals surface area (Å²) in [7, 11) is 0. The molecule has 3 saturated heterocycles. The number of hydrogen-bond donors (Lipinski definition) is 4. The number of amides is 2. The van der Waals surface area contributed by atoms with Crippen molar-refractivity contribution in [3.63, 3.8) is 0 Å². The molecule has 1 aliphatic carbocycles. The summed E-state index contributed by atoms with van der Waals surface area (Å²) in [6.45, 7) is 9.39. The van der Waals surface area contributed by atoms with Gasteiger partial charge in [0.05, 0.1) is 32.1 Å². The molecule has 0 radical (unpaired) electrons. The molecule has 324 valence electrons. The van der Waals surface area contributed by atoms with Crippen molar-refractivity contribution in [2.45, 2.75) is 166 Å². The standard InChI is InChI=1S/C43H65N3O12/c1-6-8-10-19-42(20-11-9-7-2)56-35-32-26-43(40(52)44-21-17-33(49)45-31(28-48)15-16-34(50)55-41(3,4)5)37(39(51)54-32)46(58-38(43)36(35)57-42)27-30-14-12-13-29(25-30)18-23-53-24-22-47/h12-14,18,23,25,31-32,35-38,47-48H,6-11,15-17,19-22,24,26-28H2,1-5H3,(H,44,52)(H,45,49)/t31-,32?,35-,36-,37-,38+,43?/m0/s1. The first-order valence-corrected chi connectivity index (χ1v) is 21.2. The van der Waals surface area contributed by atoms with E-state index < -0.39 is 77.1 Å². The number of aliphatic hydroxyl groups excluding tert-OH is 2. The van der Waals surface area contributed by atoms with Gasteiger partial charge in [0.1, 0.15) is 42.0 Å². The summed E-state index contributed by atoms with van der Waals surface area (Å²) in [4.78, 5) is 60.8. The van der Waals surface area contributed by atoms with Crippen LogP contribution in [0.5, 0.6) is 0 Å². The number of hydrogen-bond acceptors (Lipinski definition) is 13. The van der Waals surface area contributed by atoms with Crippen molar-refractivity contribution in [2.24, 2.45) is 5.41 Å². The molecule has 58 heavy (non-hydrogen) atoms. The van der Waals surface area contributed by atoms with Crippen molar-refractivity contribution < 1.29 is 57.9 Å². The van der Waals surface area contributed by atoms with E-state index in [-0.39, 0.29) is 58.6 Å².